The van der Waals surface area contributed by atoms with E-state index in [-0.39, 0.29) is 13.3 Å². The van der Waals surface area contributed by atoms with Gasteiger partial charge in [-0.25, -0.2) is 0 Å². The van der Waals surface area contributed by atoms with Crippen molar-refractivity contribution in [1.29, 1.82) is 0 Å². The van der Waals surface area contributed by atoms with Crippen LogP contribution in [0.3, 0.4) is 0 Å². The van der Waals surface area contributed by atoms with Gasteiger partial charge in [0.1, 0.15) is 5.54 Å². The van der Waals surface area contributed by atoms with Gasteiger partial charge in [0.05, 0.1) is 24.5 Å². The lowest BCUT2D eigenvalue weighted by Gasteiger charge is -2.30. The molecule has 10 heteroatoms. The Balaban J connectivity index is 1.42. The fourth-order valence-corrected chi connectivity index (χ4v) is 5.73. The molecule has 6 rings (SSSR count). The van der Waals surface area contributed by atoms with Crippen LogP contribution in [0.5, 0.6) is 11.5 Å². The summed E-state index contributed by atoms with van der Waals surface area (Å²) in [7, 11) is 0. The molecule has 5 atom stereocenters. The van der Waals surface area contributed by atoms with Gasteiger partial charge in [0.25, 0.3) is 0 Å². The number of hydrogen-bond donors (Lipinski definition) is 3. The molecule has 33 heavy (non-hydrogen) atoms. The summed E-state index contributed by atoms with van der Waals surface area (Å²) in [5, 5.41) is 16.8. The number of amides is 3. The summed E-state index contributed by atoms with van der Waals surface area (Å²) >= 11 is 6.22. The van der Waals surface area contributed by atoms with Gasteiger partial charge in [-0.3, -0.25) is 24.6 Å². The van der Waals surface area contributed by atoms with Gasteiger partial charge in [-0.15, -0.1) is 0 Å². The van der Waals surface area contributed by atoms with E-state index in [1.54, 1.807) is 36.4 Å². The largest absolute Gasteiger partial charge is 0.454 e. The Labute approximate surface area is 193 Å². The first-order valence-corrected chi connectivity index (χ1v) is 11.0. The van der Waals surface area contributed by atoms with Crippen LogP contribution < -0.4 is 20.1 Å². The molecular formula is C23H20ClN3O6. The third kappa shape index (κ3) is 2.70. The van der Waals surface area contributed by atoms with Crippen LogP contribution in [-0.2, 0) is 26.5 Å². The number of nitrogens with one attached hydrogen (secondary N) is 2. The van der Waals surface area contributed by atoms with Crippen LogP contribution in [-0.4, -0.2) is 46.7 Å². The van der Waals surface area contributed by atoms with E-state index < -0.39 is 47.2 Å². The van der Waals surface area contributed by atoms with E-state index in [1.807, 2.05) is 0 Å². The van der Waals surface area contributed by atoms with E-state index in [1.165, 1.54) is 11.8 Å². The van der Waals surface area contributed by atoms with Gasteiger partial charge in [-0.05, 0) is 42.8 Å². The first-order chi connectivity index (χ1) is 15.8. The molecular weight excluding hydrogens is 450 g/mol. The zero-order valence-corrected chi connectivity index (χ0v) is 18.3. The highest BCUT2D eigenvalue weighted by Crippen LogP contribution is 2.54. The maximum absolute atomic E-state index is 13.7. The smallest absolute Gasteiger partial charge is 0.250 e. The van der Waals surface area contributed by atoms with Crippen molar-refractivity contribution in [2.24, 2.45) is 11.8 Å². The van der Waals surface area contributed by atoms with E-state index in [4.69, 9.17) is 21.1 Å². The van der Waals surface area contributed by atoms with Gasteiger partial charge in [0.15, 0.2) is 11.5 Å². The van der Waals surface area contributed by atoms with Gasteiger partial charge in [-0.2, -0.15) is 0 Å². The molecule has 9 nitrogen and oxygen atoms in total. The maximum Gasteiger partial charge on any atom is 0.250 e. The highest BCUT2D eigenvalue weighted by atomic mass is 35.5. The fourth-order valence-electron chi connectivity index (χ4n) is 5.56. The predicted octanol–water partition coefficient (Wildman–Crippen LogP) is 1.37. The van der Waals surface area contributed by atoms with E-state index in [0.29, 0.717) is 33.3 Å². The summed E-state index contributed by atoms with van der Waals surface area (Å²) in [6, 6.07) is 9.38. The van der Waals surface area contributed by atoms with Crippen LogP contribution in [0.25, 0.3) is 0 Å². The summed E-state index contributed by atoms with van der Waals surface area (Å²) in [6.45, 7) is 1.68. The Morgan fingerprint density at radius 2 is 1.94 bits per heavy atom. The lowest BCUT2D eigenvalue weighted by molar-refractivity contribution is -0.143. The van der Waals surface area contributed by atoms with Crippen LogP contribution in [0.2, 0.25) is 5.02 Å². The van der Waals surface area contributed by atoms with Crippen LogP contribution in [0, 0.1) is 11.8 Å². The monoisotopic (exact) mass is 469 g/mol. The lowest BCUT2D eigenvalue weighted by Crippen LogP contribution is -2.54. The standard InChI is InChI=1S/C23H20ClN3O6/c1-10(28)19-17-18(23(26-19)13-7-12(24)3-4-14(13)25-22(23)31)21(30)27(20(17)29)8-11-2-5-15-16(6-11)33-9-32-15/h2-7,10,17-19,26,28H,8-9H2,1H3,(H,25,31)/t10-,17-,18-,19+,23+/m0/s1. The number of halogens is 1. The SMILES string of the molecule is C[C@H](O)[C@H]1N[C@@]2(C(=O)Nc3ccc(Cl)cc32)[C@@H]2C(=O)N(Cc3ccc4c(c3)OCO4)C(=O)[C@H]12. The Bertz CT molecular complexity index is 1230. The first-order valence-electron chi connectivity index (χ1n) is 10.6. The third-order valence-corrected chi connectivity index (χ3v) is 7.24. The molecule has 0 bridgehead atoms. The second kappa shape index (κ2) is 6.93. The third-order valence-electron chi connectivity index (χ3n) is 7.00. The molecule has 0 aromatic heterocycles. The Hall–Kier alpha value is -3.14. The summed E-state index contributed by atoms with van der Waals surface area (Å²) in [5.74, 6) is -2.11. The first kappa shape index (κ1) is 20.5. The number of likely N-dealkylation sites (tertiary alicyclic amines) is 1. The minimum atomic E-state index is -1.50. The van der Waals surface area contributed by atoms with Crippen molar-refractivity contribution in [2.75, 3.05) is 12.1 Å². The number of aliphatic hydroxyl groups is 1. The average Bonchev–Trinajstić information content (AvgIpc) is 3.51. The maximum atomic E-state index is 13.7. The van der Waals surface area contributed by atoms with Crippen molar-refractivity contribution in [1.82, 2.24) is 10.2 Å². The molecule has 3 N–H and O–H groups in total. The molecule has 4 aliphatic heterocycles. The Morgan fingerprint density at radius 3 is 2.73 bits per heavy atom. The molecule has 2 aromatic rings. The topological polar surface area (TPSA) is 117 Å². The number of rotatable bonds is 3. The molecule has 3 amide bonds. The van der Waals surface area contributed by atoms with Crippen LogP contribution in [0.1, 0.15) is 18.1 Å². The minimum Gasteiger partial charge on any atom is -0.454 e. The van der Waals surface area contributed by atoms with E-state index in [0.717, 1.165) is 0 Å². The number of carbonyl (C=O) groups is 3. The second-order valence-corrected chi connectivity index (χ2v) is 9.25. The minimum absolute atomic E-state index is 0.0218. The lowest BCUT2D eigenvalue weighted by atomic mass is 9.76. The highest BCUT2D eigenvalue weighted by Gasteiger charge is 2.71. The molecule has 0 radical (unpaired) electrons. The Kier molecular flexibility index (Phi) is 4.30. The molecule has 2 fully saturated rings. The molecule has 4 heterocycles. The summed E-state index contributed by atoms with van der Waals surface area (Å²) in [5.41, 5.74) is 0.222. The number of ether oxygens (including phenoxy) is 2. The van der Waals surface area contributed by atoms with Gasteiger partial charge < -0.3 is 19.9 Å². The normalized spacial score (nSPS) is 30.1. The number of hydrogen-bond acceptors (Lipinski definition) is 7. The number of fused-ring (bicyclic) bond motifs is 5. The number of nitrogens with zero attached hydrogens (tertiary/aromatic N) is 1. The van der Waals surface area contributed by atoms with Crippen LogP contribution in [0.15, 0.2) is 36.4 Å². The summed E-state index contributed by atoms with van der Waals surface area (Å²) in [6.07, 6.45) is -0.977. The van der Waals surface area contributed by atoms with E-state index in [2.05, 4.69) is 10.6 Å². The molecule has 0 saturated carbocycles. The fraction of sp³-hybridized carbons (Fsp3) is 0.348. The van der Waals surface area contributed by atoms with Crippen molar-refractivity contribution in [3.8, 4) is 11.5 Å². The molecule has 4 aliphatic rings. The number of benzene rings is 2. The summed E-state index contributed by atoms with van der Waals surface area (Å²) in [4.78, 5) is 41.7. The number of carbonyl (C=O) groups excluding carboxylic acids is 3. The zero-order chi connectivity index (χ0) is 23.1. The van der Waals surface area contributed by atoms with Crippen molar-refractivity contribution in [3.05, 3.63) is 52.5 Å². The zero-order valence-electron chi connectivity index (χ0n) is 17.5. The molecule has 0 aliphatic carbocycles. The van der Waals surface area contributed by atoms with Crippen molar-refractivity contribution in [3.63, 3.8) is 0 Å². The molecule has 2 saturated heterocycles. The van der Waals surface area contributed by atoms with E-state index in [9.17, 15) is 19.5 Å². The van der Waals surface area contributed by atoms with Crippen LogP contribution >= 0.6 is 11.6 Å². The quantitative estimate of drug-likeness (QED) is 0.581. The van der Waals surface area contributed by atoms with Crippen molar-refractivity contribution >= 4 is 35.0 Å². The number of anilines is 1. The molecule has 2 aromatic carbocycles. The van der Waals surface area contributed by atoms with Crippen molar-refractivity contribution < 1.29 is 29.0 Å². The van der Waals surface area contributed by atoms with E-state index >= 15 is 0 Å². The average molecular weight is 470 g/mol. The van der Waals surface area contributed by atoms with Gasteiger partial charge >= 0.3 is 0 Å². The van der Waals surface area contributed by atoms with Crippen molar-refractivity contribution in [2.45, 2.75) is 31.2 Å². The van der Waals surface area contributed by atoms with Gasteiger partial charge in [0, 0.05) is 22.3 Å². The van der Waals surface area contributed by atoms with Gasteiger partial charge in [0.2, 0.25) is 24.5 Å². The molecule has 0 unspecified atom stereocenters. The highest BCUT2D eigenvalue weighted by molar-refractivity contribution is 6.31. The predicted molar refractivity (Wildman–Crippen MR) is 115 cm³/mol. The molecule has 170 valence electrons. The van der Waals surface area contributed by atoms with Gasteiger partial charge in [-0.1, -0.05) is 17.7 Å². The molecule has 1 spiro atoms. The number of imide groups is 1. The number of aliphatic hydroxyl groups excluding tert-OH is 1. The second-order valence-electron chi connectivity index (χ2n) is 8.82. The van der Waals surface area contributed by atoms with Crippen LogP contribution in [0.4, 0.5) is 5.69 Å². The summed E-state index contributed by atoms with van der Waals surface area (Å²) < 4.78 is 10.7. The Morgan fingerprint density at radius 1 is 1.15 bits per heavy atom.